The van der Waals surface area contributed by atoms with Crippen LogP contribution in [0.5, 0.6) is 5.75 Å². The zero-order chi connectivity index (χ0) is 12.8. The van der Waals surface area contributed by atoms with Crippen molar-refractivity contribution in [1.29, 1.82) is 0 Å². The predicted octanol–water partition coefficient (Wildman–Crippen LogP) is 4.20. The van der Waals surface area contributed by atoms with Crippen LogP contribution in [-0.4, -0.2) is 19.7 Å². The maximum Gasteiger partial charge on any atom is 0.122 e. The molecule has 1 aliphatic heterocycles. The van der Waals surface area contributed by atoms with E-state index in [0.29, 0.717) is 5.92 Å². The molecule has 2 nitrogen and oxygen atoms in total. The smallest absolute Gasteiger partial charge is 0.122 e. The number of halogens is 2. The van der Waals surface area contributed by atoms with Crippen LogP contribution in [0.25, 0.3) is 0 Å². The number of rotatable bonds is 5. The standard InChI is InChI=1S/C15H22BrNO.ClH/c1-2-3-13-10-14(16)4-5-15(13)18-11-12-6-8-17-9-7-12;/h4-5,10,12,17H,2-3,6-9,11H2,1H3;1H. The first-order chi connectivity index (χ1) is 8.79. The van der Waals surface area contributed by atoms with Gasteiger partial charge in [-0.1, -0.05) is 29.3 Å². The Labute approximate surface area is 130 Å². The van der Waals surface area contributed by atoms with Crippen molar-refractivity contribution in [3.8, 4) is 5.75 Å². The third-order valence-electron chi connectivity index (χ3n) is 3.48. The van der Waals surface area contributed by atoms with Gasteiger partial charge in [0, 0.05) is 4.47 Å². The molecule has 0 bridgehead atoms. The molecular weight excluding hydrogens is 326 g/mol. The van der Waals surface area contributed by atoms with Crippen LogP contribution in [0.4, 0.5) is 0 Å². The summed E-state index contributed by atoms with van der Waals surface area (Å²) in [5, 5.41) is 3.39. The quantitative estimate of drug-likeness (QED) is 0.861. The average molecular weight is 349 g/mol. The van der Waals surface area contributed by atoms with Crippen molar-refractivity contribution >= 4 is 28.3 Å². The third kappa shape index (κ3) is 5.33. The van der Waals surface area contributed by atoms with Gasteiger partial charge in [0.25, 0.3) is 0 Å². The van der Waals surface area contributed by atoms with Crippen LogP contribution < -0.4 is 10.1 Å². The van der Waals surface area contributed by atoms with Crippen molar-refractivity contribution in [3.05, 3.63) is 28.2 Å². The van der Waals surface area contributed by atoms with Crippen molar-refractivity contribution < 1.29 is 4.74 Å². The molecule has 0 atom stereocenters. The van der Waals surface area contributed by atoms with Gasteiger partial charge in [0.15, 0.2) is 0 Å². The fourth-order valence-electron chi connectivity index (χ4n) is 2.41. The van der Waals surface area contributed by atoms with E-state index in [4.69, 9.17) is 4.74 Å². The normalized spacial score (nSPS) is 15.9. The largest absolute Gasteiger partial charge is 0.493 e. The molecule has 1 fully saturated rings. The number of hydrogen-bond acceptors (Lipinski definition) is 2. The number of piperidine rings is 1. The van der Waals surface area contributed by atoms with Gasteiger partial charge in [-0.15, -0.1) is 12.4 Å². The summed E-state index contributed by atoms with van der Waals surface area (Å²) in [6, 6.07) is 6.34. The second-order valence-corrected chi connectivity index (χ2v) is 5.92. The van der Waals surface area contributed by atoms with E-state index in [0.717, 1.165) is 42.8 Å². The molecule has 0 saturated carbocycles. The van der Waals surface area contributed by atoms with Gasteiger partial charge in [-0.2, -0.15) is 0 Å². The van der Waals surface area contributed by atoms with Crippen molar-refractivity contribution in [1.82, 2.24) is 5.32 Å². The molecule has 0 aliphatic carbocycles. The summed E-state index contributed by atoms with van der Waals surface area (Å²) < 4.78 is 7.17. The van der Waals surface area contributed by atoms with E-state index >= 15 is 0 Å². The highest BCUT2D eigenvalue weighted by atomic mass is 79.9. The van der Waals surface area contributed by atoms with Crippen LogP contribution in [0.1, 0.15) is 31.7 Å². The van der Waals surface area contributed by atoms with E-state index in [1.165, 1.54) is 18.4 Å². The molecular formula is C15H23BrClNO. The Bertz CT molecular complexity index is 380. The zero-order valence-electron chi connectivity index (χ0n) is 11.5. The van der Waals surface area contributed by atoms with Gasteiger partial charge in [0.2, 0.25) is 0 Å². The lowest BCUT2D eigenvalue weighted by atomic mass is 9.99. The van der Waals surface area contributed by atoms with Gasteiger partial charge < -0.3 is 10.1 Å². The summed E-state index contributed by atoms with van der Waals surface area (Å²) in [6.45, 7) is 5.34. The molecule has 1 aliphatic rings. The van der Waals surface area contributed by atoms with Crippen LogP contribution in [-0.2, 0) is 6.42 Å². The molecule has 19 heavy (non-hydrogen) atoms. The predicted molar refractivity (Wildman–Crippen MR) is 86.5 cm³/mol. The number of nitrogens with one attached hydrogen (secondary N) is 1. The fraction of sp³-hybridized carbons (Fsp3) is 0.600. The minimum Gasteiger partial charge on any atom is -0.493 e. The number of ether oxygens (including phenoxy) is 1. The van der Waals surface area contributed by atoms with Crippen LogP contribution in [0.2, 0.25) is 0 Å². The summed E-state index contributed by atoms with van der Waals surface area (Å²) in [5.41, 5.74) is 1.32. The maximum atomic E-state index is 6.04. The third-order valence-corrected chi connectivity index (χ3v) is 3.97. The molecule has 1 aromatic rings. The monoisotopic (exact) mass is 347 g/mol. The Morgan fingerprint density at radius 3 is 2.74 bits per heavy atom. The summed E-state index contributed by atoms with van der Waals surface area (Å²) in [4.78, 5) is 0. The first kappa shape index (κ1) is 16.8. The van der Waals surface area contributed by atoms with Crippen molar-refractivity contribution in [2.45, 2.75) is 32.6 Å². The molecule has 2 rings (SSSR count). The molecule has 0 spiro atoms. The highest BCUT2D eigenvalue weighted by Gasteiger charge is 2.14. The van der Waals surface area contributed by atoms with Gasteiger partial charge >= 0.3 is 0 Å². The second-order valence-electron chi connectivity index (χ2n) is 5.01. The minimum atomic E-state index is 0. The molecule has 0 radical (unpaired) electrons. The van der Waals surface area contributed by atoms with E-state index in [-0.39, 0.29) is 12.4 Å². The topological polar surface area (TPSA) is 21.3 Å². The van der Waals surface area contributed by atoms with Crippen molar-refractivity contribution in [2.24, 2.45) is 5.92 Å². The minimum absolute atomic E-state index is 0. The van der Waals surface area contributed by atoms with E-state index in [9.17, 15) is 0 Å². The lowest BCUT2D eigenvalue weighted by molar-refractivity contribution is 0.213. The van der Waals surface area contributed by atoms with E-state index in [1.54, 1.807) is 0 Å². The van der Waals surface area contributed by atoms with Crippen molar-refractivity contribution in [3.63, 3.8) is 0 Å². The highest BCUT2D eigenvalue weighted by Crippen LogP contribution is 2.25. The first-order valence-electron chi connectivity index (χ1n) is 6.91. The van der Waals surface area contributed by atoms with Gasteiger partial charge in [-0.05, 0) is 62.0 Å². The Kier molecular flexibility index (Phi) is 7.81. The maximum absolute atomic E-state index is 6.04. The number of aryl methyl sites for hydroxylation is 1. The van der Waals surface area contributed by atoms with Gasteiger partial charge in [-0.25, -0.2) is 0 Å². The molecule has 1 saturated heterocycles. The highest BCUT2D eigenvalue weighted by molar-refractivity contribution is 9.10. The molecule has 1 N–H and O–H groups in total. The lowest BCUT2D eigenvalue weighted by Crippen LogP contribution is -2.30. The second kappa shape index (κ2) is 8.83. The number of benzene rings is 1. The molecule has 4 heteroatoms. The molecule has 0 aromatic heterocycles. The molecule has 108 valence electrons. The fourth-order valence-corrected chi connectivity index (χ4v) is 2.82. The lowest BCUT2D eigenvalue weighted by Gasteiger charge is -2.23. The Hall–Kier alpha value is -0.250. The molecule has 0 unspecified atom stereocenters. The SMILES string of the molecule is CCCc1cc(Br)ccc1OCC1CCNCC1.Cl. The van der Waals surface area contributed by atoms with Crippen LogP contribution in [0.15, 0.2) is 22.7 Å². The summed E-state index contributed by atoms with van der Waals surface area (Å²) in [6.07, 6.45) is 4.71. The van der Waals surface area contributed by atoms with E-state index in [1.807, 2.05) is 0 Å². The van der Waals surface area contributed by atoms with Crippen LogP contribution in [0.3, 0.4) is 0 Å². The van der Waals surface area contributed by atoms with Crippen molar-refractivity contribution in [2.75, 3.05) is 19.7 Å². The average Bonchev–Trinajstić information content (AvgIpc) is 2.39. The molecule has 1 aromatic carbocycles. The summed E-state index contributed by atoms with van der Waals surface area (Å²) in [7, 11) is 0. The first-order valence-corrected chi connectivity index (χ1v) is 7.71. The Morgan fingerprint density at radius 1 is 1.32 bits per heavy atom. The Balaban J connectivity index is 0.00000180. The van der Waals surface area contributed by atoms with Gasteiger partial charge in [0.05, 0.1) is 6.61 Å². The Morgan fingerprint density at radius 2 is 2.05 bits per heavy atom. The van der Waals surface area contributed by atoms with E-state index < -0.39 is 0 Å². The van der Waals surface area contributed by atoms with Crippen LogP contribution in [0, 0.1) is 5.92 Å². The molecule has 0 amide bonds. The molecule has 1 heterocycles. The van der Waals surface area contributed by atoms with Gasteiger partial charge in [0.1, 0.15) is 5.75 Å². The van der Waals surface area contributed by atoms with E-state index in [2.05, 4.69) is 46.4 Å². The van der Waals surface area contributed by atoms with Crippen LogP contribution >= 0.6 is 28.3 Å². The van der Waals surface area contributed by atoms with Gasteiger partial charge in [-0.3, -0.25) is 0 Å². The summed E-state index contributed by atoms with van der Waals surface area (Å²) in [5.74, 6) is 1.78. The summed E-state index contributed by atoms with van der Waals surface area (Å²) >= 11 is 3.53. The zero-order valence-corrected chi connectivity index (χ0v) is 13.9. The number of hydrogen-bond donors (Lipinski definition) is 1.